The molecule has 0 aliphatic carbocycles. The van der Waals surface area contributed by atoms with Crippen molar-refractivity contribution in [2.45, 2.75) is 25.3 Å². The highest BCUT2D eigenvalue weighted by Crippen LogP contribution is 2.32. The first-order valence-corrected chi connectivity index (χ1v) is 7.96. The van der Waals surface area contributed by atoms with Crippen LogP contribution in [0.1, 0.15) is 30.2 Å². The van der Waals surface area contributed by atoms with Crippen LogP contribution in [-0.4, -0.2) is 26.4 Å². The van der Waals surface area contributed by atoms with Crippen LogP contribution in [-0.2, 0) is 16.0 Å². The van der Waals surface area contributed by atoms with Gasteiger partial charge in [-0.25, -0.2) is 0 Å². The standard InChI is InChI=1S/C18H21NO5/c1-21-10-8-14(15-3-2-9-22-15)19-18(20)7-5-13-4-6-16-17(11-13)24-12-23-16/h2-4,6,9,11,14H,5,7-8,10,12H2,1H3,(H,19,20). The van der Waals surface area contributed by atoms with Gasteiger partial charge in [0.05, 0.1) is 12.3 Å². The van der Waals surface area contributed by atoms with Crippen LogP contribution in [0.15, 0.2) is 41.0 Å². The first kappa shape index (κ1) is 16.4. The Morgan fingerprint density at radius 3 is 2.96 bits per heavy atom. The average molecular weight is 331 g/mol. The predicted octanol–water partition coefficient (Wildman–Crippen LogP) is 2.83. The van der Waals surface area contributed by atoms with Crippen LogP contribution in [0, 0.1) is 0 Å². The second-order valence-electron chi connectivity index (χ2n) is 5.60. The van der Waals surface area contributed by atoms with E-state index in [1.54, 1.807) is 13.4 Å². The van der Waals surface area contributed by atoms with Crippen LogP contribution in [0.3, 0.4) is 0 Å². The molecular formula is C18H21NO5. The molecule has 1 aliphatic rings. The number of hydrogen-bond acceptors (Lipinski definition) is 5. The highest BCUT2D eigenvalue weighted by Gasteiger charge is 2.18. The van der Waals surface area contributed by atoms with Gasteiger partial charge in [0.25, 0.3) is 0 Å². The molecule has 128 valence electrons. The summed E-state index contributed by atoms with van der Waals surface area (Å²) in [5, 5.41) is 3.01. The van der Waals surface area contributed by atoms with E-state index in [-0.39, 0.29) is 18.7 Å². The summed E-state index contributed by atoms with van der Waals surface area (Å²) >= 11 is 0. The first-order chi connectivity index (χ1) is 11.8. The fourth-order valence-electron chi connectivity index (χ4n) is 2.63. The molecule has 6 heteroatoms. The summed E-state index contributed by atoms with van der Waals surface area (Å²) in [6.45, 7) is 0.803. The maximum Gasteiger partial charge on any atom is 0.231 e. The number of methoxy groups -OCH3 is 1. The number of carbonyl (C=O) groups excluding carboxylic acids is 1. The van der Waals surface area contributed by atoms with Gasteiger partial charge in [0, 0.05) is 20.1 Å². The van der Waals surface area contributed by atoms with Crippen molar-refractivity contribution >= 4 is 5.91 Å². The molecule has 1 unspecified atom stereocenters. The minimum absolute atomic E-state index is 0.0230. The van der Waals surface area contributed by atoms with Crippen molar-refractivity contribution in [3.05, 3.63) is 47.9 Å². The summed E-state index contributed by atoms with van der Waals surface area (Å²) in [4.78, 5) is 12.3. The highest BCUT2D eigenvalue weighted by atomic mass is 16.7. The van der Waals surface area contributed by atoms with E-state index >= 15 is 0 Å². The SMILES string of the molecule is COCCC(NC(=O)CCc1ccc2c(c1)OCO2)c1ccco1. The fraction of sp³-hybridized carbons (Fsp3) is 0.389. The van der Waals surface area contributed by atoms with Crippen LogP contribution in [0.2, 0.25) is 0 Å². The normalized spacial score (nSPS) is 13.7. The Bertz CT molecular complexity index is 668. The molecule has 0 saturated carbocycles. The number of ether oxygens (including phenoxy) is 3. The van der Waals surface area contributed by atoms with Crippen molar-refractivity contribution in [2.75, 3.05) is 20.5 Å². The molecule has 1 aromatic carbocycles. The van der Waals surface area contributed by atoms with Gasteiger partial charge in [-0.15, -0.1) is 0 Å². The summed E-state index contributed by atoms with van der Waals surface area (Å²) in [5.74, 6) is 2.20. The highest BCUT2D eigenvalue weighted by molar-refractivity contribution is 5.76. The number of fused-ring (bicyclic) bond motifs is 1. The first-order valence-electron chi connectivity index (χ1n) is 7.96. The lowest BCUT2D eigenvalue weighted by Crippen LogP contribution is -2.29. The Morgan fingerprint density at radius 2 is 2.17 bits per heavy atom. The minimum atomic E-state index is -0.177. The molecule has 1 amide bonds. The number of hydrogen-bond donors (Lipinski definition) is 1. The second kappa shape index (κ2) is 7.88. The molecule has 2 aromatic rings. The summed E-state index contributed by atoms with van der Waals surface area (Å²) in [7, 11) is 1.64. The third-order valence-electron chi connectivity index (χ3n) is 3.91. The van der Waals surface area contributed by atoms with Crippen molar-refractivity contribution in [1.82, 2.24) is 5.32 Å². The Hall–Kier alpha value is -2.47. The van der Waals surface area contributed by atoms with E-state index < -0.39 is 0 Å². The van der Waals surface area contributed by atoms with E-state index in [0.29, 0.717) is 25.9 Å². The Balaban J connectivity index is 1.54. The Labute approximate surface area is 140 Å². The molecule has 0 spiro atoms. The largest absolute Gasteiger partial charge is 0.467 e. The lowest BCUT2D eigenvalue weighted by atomic mass is 10.1. The summed E-state index contributed by atoms with van der Waals surface area (Å²) in [6.07, 6.45) is 3.30. The van der Waals surface area contributed by atoms with Gasteiger partial charge in [0.2, 0.25) is 12.7 Å². The summed E-state index contributed by atoms with van der Waals surface area (Å²) in [5.41, 5.74) is 1.04. The summed E-state index contributed by atoms with van der Waals surface area (Å²) < 4.78 is 21.2. The Kier molecular flexibility index (Phi) is 5.38. The van der Waals surface area contributed by atoms with E-state index in [0.717, 1.165) is 22.8 Å². The number of carbonyl (C=O) groups is 1. The van der Waals surface area contributed by atoms with Gasteiger partial charge in [-0.2, -0.15) is 0 Å². The van der Waals surface area contributed by atoms with Gasteiger partial charge in [-0.1, -0.05) is 6.07 Å². The van der Waals surface area contributed by atoms with E-state index in [1.807, 2.05) is 30.3 Å². The molecule has 24 heavy (non-hydrogen) atoms. The van der Waals surface area contributed by atoms with Gasteiger partial charge in [-0.3, -0.25) is 4.79 Å². The van der Waals surface area contributed by atoms with Gasteiger partial charge in [-0.05, 0) is 42.7 Å². The third-order valence-corrected chi connectivity index (χ3v) is 3.91. The monoisotopic (exact) mass is 331 g/mol. The number of amides is 1. The molecule has 1 aromatic heterocycles. The van der Waals surface area contributed by atoms with Crippen LogP contribution >= 0.6 is 0 Å². The van der Waals surface area contributed by atoms with Gasteiger partial charge in [0.15, 0.2) is 11.5 Å². The molecule has 1 aliphatic heterocycles. The molecule has 1 atom stereocenters. The topological polar surface area (TPSA) is 69.9 Å². The number of benzene rings is 1. The van der Waals surface area contributed by atoms with Crippen molar-refractivity contribution in [2.24, 2.45) is 0 Å². The van der Waals surface area contributed by atoms with E-state index in [9.17, 15) is 4.79 Å². The molecule has 1 N–H and O–H groups in total. The molecule has 6 nitrogen and oxygen atoms in total. The maximum atomic E-state index is 12.3. The van der Waals surface area contributed by atoms with Crippen LogP contribution in [0.25, 0.3) is 0 Å². The minimum Gasteiger partial charge on any atom is -0.467 e. The van der Waals surface area contributed by atoms with Gasteiger partial charge >= 0.3 is 0 Å². The average Bonchev–Trinajstić information content (AvgIpc) is 3.27. The van der Waals surface area contributed by atoms with Crippen molar-refractivity contribution in [3.63, 3.8) is 0 Å². The van der Waals surface area contributed by atoms with Crippen molar-refractivity contribution < 1.29 is 23.4 Å². The smallest absolute Gasteiger partial charge is 0.231 e. The molecule has 2 heterocycles. The Morgan fingerprint density at radius 1 is 1.29 bits per heavy atom. The van der Waals surface area contributed by atoms with Crippen LogP contribution < -0.4 is 14.8 Å². The number of rotatable bonds is 8. The molecule has 0 bridgehead atoms. The van der Waals surface area contributed by atoms with Crippen molar-refractivity contribution in [3.8, 4) is 11.5 Å². The molecule has 0 radical (unpaired) electrons. The van der Waals surface area contributed by atoms with Crippen molar-refractivity contribution in [1.29, 1.82) is 0 Å². The molecule has 0 fully saturated rings. The van der Waals surface area contributed by atoms with Gasteiger partial charge < -0.3 is 23.9 Å². The van der Waals surface area contributed by atoms with E-state index in [2.05, 4.69) is 5.32 Å². The quantitative estimate of drug-likeness (QED) is 0.805. The van der Waals surface area contributed by atoms with Crippen LogP contribution in [0.4, 0.5) is 0 Å². The lowest BCUT2D eigenvalue weighted by molar-refractivity contribution is -0.122. The zero-order valence-electron chi connectivity index (χ0n) is 13.6. The van der Waals surface area contributed by atoms with E-state index in [4.69, 9.17) is 18.6 Å². The fourth-order valence-corrected chi connectivity index (χ4v) is 2.63. The summed E-state index contributed by atoms with van der Waals surface area (Å²) in [6, 6.07) is 9.25. The lowest BCUT2D eigenvalue weighted by Gasteiger charge is -2.16. The zero-order chi connectivity index (χ0) is 16.8. The molecule has 0 saturated heterocycles. The number of aryl methyl sites for hydroxylation is 1. The maximum absolute atomic E-state index is 12.3. The molecular weight excluding hydrogens is 310 g/mol. The second-order valence-corrected chi connectivity index (χ2v) is 5.60. The third kappa shape index (κ3) is 4.08. The zero-order valence-corrected chi connectivity index (χ0v) is 13.6. The van der Waals surface area contributed by atoms with Gasteiger partial charge in [0.1, 0.15) is 5.76 Å². The number of nitrogens with one attached hydrogen (secondary N) is 1. The number of furan rings is 1. The van der Waals surface area contributed by atoms with E-state index in [1.165, 1.54) is 0 Å². The van der Waals surface area contributed by atoms with Crippen LogP contribution in [0.5, 0.6) is 11.5 Å². The predicted molar refractivity (Wildman–Crippen MR) is 87.0 cm³/mol. The molecule has 3 rings (SSSR count).